The van der Waals surface area contributed by atoms with E-state index in [1.807, 2.05) is 84.9 Å². The number of para-hydroxylation sites is 2. The summed E-state index contributed by atoms with van der Waals surface area (Å²) in [5, 5.41) is 3.45. The van der Waals surface area contributed by atoms with Gasteiger partial charge in [-0.2, -0.15) is 0 Å². The van der Waals surface area contributed by atoms with Crippen LogP contribution in [0.1, 0.15) is 22.0 Å². The fourth-order valence-corrected chi connectivity index (χ4v) is 3.05. The van der Waals surface area contributed by atoms with Crippen LogP contribution >= 0.6 is 0 Å². The van der Waals surface area contributed by atoms with Gasteiger partial charge in [-0.05, 0) is 18.2 Å². The highest BCUT2D eigenvalue weighted by atomic mass is 16.5. The second-order valence-corrected chi connectivity index (χ2v) is 5.79. The molecule has 0 saturated heterocycles. The third kappa shape index (κ3) is 2.65. The van der Waals surface area contributed by atoms with Crippen molar-refractivity contribution < 1.29 is 9.53 Å². The van der Waals surface area contributed by atoms with Gasteiger partial charge in [-0.1, -0.05) is 66.7 Å². The summed E-state index contributed by atoms with van der Waals surface area (Å²) in [4.78, 5) is 13.0. The average Bonchev–Trinajstić information content (AvgIpc) is 3.01. The van der Waals surface area contributed by atoms with E-state index in [2.05, 4.69) is 5.32 Å². The first-order chi connectivity index (χ1) is 11.8. The molecule has 1 heterocycles. The van der Waals surface area contributed by atoms with Crippen LogP contribution in [0.15, 0.2) is 84.9 Å². The van der Waals surface area contributed by atoms with Crippen molar-refractivity contribution in [2.75, 3.05) is 5.32 Å². The summed E-state index contributed by atoms with van der Waals surface area (Å²) in [6.45, 7) is 0. The number of benzene rings is 3. The van der Waals surface area contributed by atoms with Gasteiger partial charge in [0, 0.05) is 16.8 Å². The first-order valence-electron chi connectivity index (χ1n) is 7.99. The third-order valence-electron chi connectivity index (χ3n) is 4.22. The Balaban J connectivity index is 1.69. The zero-order valence-corrected chi connectivity index (χ0v) is 13.1. The smallest absolute Gasteiger partial charge is 0.205 e. The topological polar surface area (TPSA) is 38.3 Å². The summed E-state index contributed by atoms with van der Waals surface area (Å²) in [6.07, 6.45) is -0.579. The highest BCUT2D eigenvalue weighted by Gasteiger charge is 2.39. The van der Waals surface area contributed by atoms with Gasteiger partial charge in [0.25, 0.3) is 0 Å². The maximum absolute atomic E-state index is 13.0. The van der Waals surface area contributed by atoms with Gasteiger partial charge >= 0.3 is 0 Å². The van der Waals surface area contributed by atoms with E-state index in [-0.39, 0.29) is 11.8 Å². The van der Waals surface area contributed by atoms with Crippen LogP contribution in [0.5, 0.6) is 5.75 Å². The number of ketones is 1. The van der Waals surface area contributed by atoms with Crippen LogP contribution < -0.4 is 10.1 Å². The number of rotatable bonds is 4. The van der Waals surface area contributed by atoms with Crippen molar-refractivity contribution in [3.05, 3.63) is 96.1 Å². The molecule has 3 nitrogen and oxygen atoms in total. The normalized spacial score (nSPS) is 18.5. The molecule has 1 N–H and O–H groups in total. The van der Waals surface area contributed by atoms with E-state index in [9.17, 15) is 4.79 Å². The van der Waals surface area contributed by atoms with Crippen molar-refractivity contribution in [3.8, 4) is 5.75 Å². The largest absolute Gasteiger partial charge is 0.479 e. The summed E-state index contributed by atoms with van der Waals surface area (Å²) < 4.78 is 6.00. The number of carbonyl (C=O) groups excluding carboxylic acids is 1. The molecular formula is C21H17NO2. The second kappa shape index (κ2) is 6.20. The Morgan fingerprint density at radius 1 is 0.792 bits per heavy atom. The predicted octanol–water partition coefficient (Wildman–Crippen LogP) is 4.48. The molecule has 4 rings (SSSR count). The number of Topliss-reactive ketones (excluding diaryl/α,β-unsaturated/α-hetero) is 1. The van der Waals surface area contributed by atoms with E-state index >= 15 is 0 Å². The molecule has 3 aromatic carbocycles. The molecule has 0 fully saturated rings. The summed E-state index contributed by atoms with van der Waals surface area (Å²) in [5.41, 5.74) is 2.64. The third-order valence-corrected chi connectivity index (χ3v) is 4.22. The number of hydrogen-bond donors (Lipinski definition) is 1. The minimum absolute atomic E-state index is 0.0137. The molecular weight excluding hydrogens is 298 g/mol. The molecule has 3 aromatic rings. The lowest BCUT2D eigenvalue weighted by Crippen LogP contribution is -2.33. The Bertz CT molecular complexity index is 846. The molecule has 24 heavy (non-hydrogen) atoms. The quantitative estimate of drug-likeness (QED) is 0.721. The maximum atomic E-state index is 13.0. The number of hydrogen-bond acceptors (Lipinski definition) is 3. The second-order valence-electron chi connectivity index (χ2n) is 5.79. The van der Waals surface area contributed by atoms with Gasteiger partial charge in [-0.15, -0.1) is 0 Å². The highest BCUT2D eigenvalue weighted by molar-refractivity contribution is 6.01. The average molecular weight is 315 g/mol. The van der Waals surface area contributed by atoms with E-state index in [0.717, 1.165) is 17.0 Å². The van der Waals surface area contributed by atoms with E-state index < -0.39 is 6.10 Å². The van der Waals surface area contributed by atoms with Crippen molar-refractivity contribution in [2.45, 2.75) is 12.1 Å². The van der Waals surface area contributed by atoms with Crippen molar-refractivity contribution in [3.63, 3.8) is 0 Å². The summed E-state index contributed by atoms with van der Waals surface area (Å²) >= 11 is 0. The Kier molecular flexibility index (Phi) is 3.75. The lowest BCUT2D eigenvalue weighted by Gasteiger charge is -2.20. The summed E-state index contributed by atoms with van der Waals surface area (Å²) in [7, 11) is 0. The highest BCUT2D eigenvalue weighted by Crippen LogP contribution is 2.39. The summed E-state index contributed by atoms with van der Waals surface area (Å²) in [6, 6.07) is 26.8. The van der Waals surface area contributed by atoms with Gasteiger partial charge in [0.15, 0.2) is 6.10 Å². The molecule has 3 heteroatoms. The molecule has 1 aliphatic rings. The monoisotopic (exact) mass is 315 g/mol. The van der Waals surface area contributed by atoms with E-state index in [4.69, 9.17) is 4.74 Å². The van der Waals surface area contributed by atoms with Crippen molar-refractivity contribution >= 4 is 11.5 Å². The fraction of sp³-hybridized carbons (Fsp3) is 0.0952. The molecule has 2 atom stereocenters. The van der Waals surface area contributed by atoms with Crippen molar-refractivity contribution in [2.24, 2.45) is 0 Å². The van der Waals surface area contributed by atoms with Gasteiger partial charge in [-0.25, -0.2) is 0 Å². The molecule has 118 valence electrons. The van der Waals surface area contributed by atoms with Crippen molar-refractivity contribution in [1.82, 2.24) is 0 Å². The van der Waals surface area contributed by atoms with E-state index in [0.29, 0.717) is 5.56 Å². The Morgan fingerprint density at radius 2 is 1.42 bits per heavy atom. The maximum Gasteiger partial charge on any atom is 0.205 e. The van der Waals surface area contributed by atoms with Gasteiger partial charge in [-0.3, -0.25) is 4.79 Å². The van der Waals surface area contributed by atoms with Gasteiger partial charge < -0.3 is 10.1 Å². The molecule has 0 amide bonds. The summed E-state index contributed by atoms with van der Waals surface area (Å²) in [5.74, 6) is 0.750. The molecule has 0 aromatic heterocycles. The van der Waals surface area contributed by atoms with Crippen LogP contribution in [-0.4, -0.2) is 11.9 Å². The van der Waals surface area contributed by atoms with E-state index in [1.54, 1.807) is 0 Å². The van der Waals surface area contributed by atoms with Crippen LogP contribution in [0.25, 0.3) is 0 Å². The minimum Gasteiger partial charge on any atom is -0.479 e. The Morgan fingerprint density at radius 3 is 2.17 bits per heavy atom. The van der Waals surface area contributed by atoms with Crippen LogP contribution in [0.4, 0.5) is 5.69 Å². The lowest BCUT2D eigenvalue weighted by molar-refractivity contribution is 0.0802. The molecule has 0 bridgehead atoms. The molecule has 0 radical (unpaired) electrons. The molecule has 0 spiro atoms. The number of carbonyl (C=O) groups is 1. The number of ether oxygens (including phenoxy) is 1. The van der Waals surface area contributed by atoms with Crippen LogP contribution in [0.3, 0.4) is 0 Å². The SMILES string of the molecule is O=C(c1ccccc1)C1Oc2ccccc2C1Nc1ccccc1. The first-order valence-corrected chi connectivity index (χ1v) is 7.99. The fourth-order valence-electron chi connectivity index (χ4n) is 3.05. The zero-order valence-electron chi connectivity index (χ0n) is 13.1. The van der Waals surface area contributed by atoms with Gasteiger partial charge in [0.2, 0.25) is 5.78 Å². The molecule has 0 saturated carbocycles. The Hall–Kier alpha value is -3.07. The zero-order chi connectivity index (χ0) is 16.4. The Labute approximate surface area is 140 Å². The predicted molar refractivity (Wildman–Crippen MR) is 94.4 cm³/mol. The molecule has 2 unspecified atom stereocenters. The lowest BCUT2D eigenvalue weighted by atomic mass is 9.96. The number of nitrogens with one attached hydrogen (secondary N) is 1. The minimum atomic E-state index is -0.579. The van der Waals surface area contributed by atoms with Gasteiger partial charge in [0.05, 0.1) is 6.04 Å². The van der Waals surface area contributed by atoms with Crippen LogP contribution in [-0.2, 0) is 0 Å². The first kappa shape index (κ1) is 14.5. The van der Waals surface area contributed by atoms with Crippen molar-refractivity contribution in [1.29, 1.82) is 0 Å². The number of fused-ring (bicyclic) bond motifs is 1. The standard InChI is InChI=1S/C21H17NO2/c23-20(15-9-3-1-4-10-15)21-19(22-16-11-5-2-6-12-16)17-13-7-8-14-18(17)24-21/h1-14,19,21-22H. The molecule has 1 aliphatic heterocycles. The van der Waals surface area contributed by atoms with Gasteiger partial charge in [0.1, 0.15) is 5.75 Å². The van der Waals surface area contributed by atoms with E-state index in [1.165, 1.54) is 0 Å². The molecule has 0 aliphatic carbocycles. The number of anilines is 1. The van der Waals surface area contributed by atoms with Crippen LogP contribution in [0.2, 0.25) is 0 Å². The van der Waals surface area contributed by atoms with Crippen LogP contribution in [0, 0.1) is 0 Å².